The largest absolute Gasteiger partial charge is 0.383 e. The van der Waals surface area contributed by atoms with Crippen LogP contribution in [0.15, 0.2) is 27.8 Å². The van der Waals surface area contributed by atoms with Crippen molar-refractivity contribution in [3.05, 3.63) is 55.7 Å². The van der Waals surface area contributed by atoms with Crippen LogP contribution in [0.25, 0.3) is 0 Å². The minimum absolute atomic E-state index is 0.00143. The number of benzene rings is 1. The predicted octanol–water partition coefficient (Wildman–Crippen LogP) is 1.49. The van der Waals surface area contributed by atoms with E-state index in [0.717, 1.165) is 24.8 Å². The molecule has 2 aromatic rings. The van der Waals surface area contributed by atoms with E-state index in [4.69, 9.17) is 10.5 Å². The summed E-state index contributed by atoms with van der Waals surface area (Å²) in [6.45, 7) is 4.62. The number of fused-ring (bicyclic) bond motifs is 1. The fraction of sp³-hybridized carbons (Fsp3) is 0.500. The second kappa shape index (κ2) is 9.30. The molecular weight excluding hydrogens is 384 g/mol. The second-order valence-corrected chi connectivity index (χ2v) is 8.17. The number of rotatable bonds is 8. The molecule has 0 bridgehead atoms. The lowest BCUT2D eigenvalue weighted by molar-refractivity contribution is -0.118. The van der Waals surface area contributed by atoms with E-state index in [2.05, 4.69) is 17.1 Å². The van der Waals surface area contributed by atoms with Gasteiger partial charge in [-0.25, -0.2) is 4.79 Å². The first-order valence-corrected chi connectivity index (χ1v) is 10.3. The zero-order valence-electron chi connectivity index (χ0n) is 17.9. The number of aryl methyl sites for hydroxylation is 2. The molecule has 0 atom stereocenters. The monoisotopic (exact) mass is 414 g/mol. The van der Waals surface area contributed by atoms with Crippen molar-refractivity contribution < 1.29 is 9.53 Å². The number of nitrogens with zero attached hydrogens (tertiary/aromatic N) is 2. The Morgan fingerprint density at radius 2 is 2.00 bits per heavy atom. The summed E-state index contributed by atoms with van der Waals surface area (Å²) in [7, 11) is 1.52. The number of aromatic amines is 1. The number of aromatic nitrogens is 2. The van der Waals surface area contributed by atoms with E-state index in [1.165, 1.54) is 27.7 Å². The highest BCUT2D eigenvalue weighted by Gasteiger charge is 2.25. The molecule has 0 radical (unpaired) electrons. The number of methoxy groups -OCH3 is 1. The number of H-pyrrole nitrogens is 1. The fourth-order valence-corrected chi connectivity index (χ4v) is 3.93. The van der Waals surface area contributed by atoms with Crippen molar-refractivity contribution in [2.24, 2.45) is 5.92 Å². The van der Waals surface area contributed by atoms with Crippen LogP contribution in [0.2, 0.25) is 0 Å². The van der Waals surface area contributed by atoms with Crippen LogP contribution < -0.4 is 21.9 Å². The Morgan fingerprint density at radius 3 is 2.70 bits per heavy atom. The summed E-state index contributed by atoms with van der Waals surface area (Å²) >= 11 is 0. The Morgan fingerprint density at radius 1 is 1.27 bits per heavy atom. The number of hydrogen-bond donors (Lipinski definition) is 2. The van der Waals surface area contributed by atoms with Crippen molar-refractivity contribution in [2.75, 3.05) is 30.9 Å². The van der Waals surface area contributed by atoms with Gasteiger partial charge in [0.2, 0.25) is 5.91 Å². The molecule has 0 saturated heterocycles. The molecule has 3 rings (SSSR count). The topological polar surface area (TPSA) is 110 Å². The van der Waals surface area contributed by atoms with Crippen LogP contribution in [-0.2, 0) is 35.3 Å². The van der Waals surface area contributed by atoms with Gasteiger partial charge in [0, 0.05) is 20.2 Å². The Balaban J connectivity index is 1.96. The summed E-state index contributed by atoms with van der Waals surface area (Å²) in [5.41, 5.74) is 8.49. The summed E-state index contributed by atoms with van der Waals surface area (Å²) < 4.78 is 6.45. The third-order valence-corrected chi connectivity index (χ3v) is 5.37. The average molecular weight is 415 g/mol. The molecule has 1 heterocycles. The van der Waals surface area contributed by atoms with E-state index >= 15 is 0 Å². The van der Waals surface area contributed by atoms with Gasteiger partial charge in [-0.2, -0.15) is 0 Å². The first kappa shape index (κ1) is 21.8. The molecule has 0 saturated carbocycles. The Hall–Kier alpha value is -2.87. The second-order valence-electron chi connectivity index (χ2n) is 8.17. The van der Waals surface area contributed by atoms with Gasteiger partial charge >= 0.3 is 5.69 Å². The molecule has 0 fully saturated rings. The molecule has 8 nitrogen and oxygen atoms in total. The highest BCUT2D eigenvalue weighted by atomic mass is 16.5. The molecular formula is C22H30N4O4. The zero-order chi connectivity index (χ0) is 21.8. The van der Waals surface area contributed by atoms with Crippen LogP contribution in [0.3, 0.4) is 0 Å². The smallest absolute Gasteiger partial charge is 0.330 e. The quantitative estimate of drug-likeness (QED) is 0.680. The van der Waals surface area contributed by atoms with Crippen molar-refractivity contribution in [2.45, 2.75) is 46.1 Å². The standard InChI is InChI=1S/C22H30N4O4/c1-14(2)13-26-20(23)19(21(28)24-22(26)29)25(9-10-30-3)18(27)12-15-7-8-16-5-4-6-17(16)11-15/h7-8,11,14H,4-6,9-10,12-13,23H2,1-3H3,(H,24,28,29). The van der Waals surface area contributed by atoms with Crippen LogP contribution in [0.5, 0.6) is 0 Å². The zero-order valence-corrected chi connectivity index (χ0v) is 17.9. The summed E-state index contributed by atoms with van der Waals surface area (Å²) in [5, 5.41) is 0. The average Bonchev–Trinajstić information content (AvgIpc) is 3.15. The number of nitrogen functional groups attached to an aromatic ring is 1. The van der Waals surface area contributed by atoms with Crippen molar-refractivity contribution in [1.82, 2.24) is 9.55 Å². The van der Waals surface area contributed by atoms with Gasteiger partial charge in [0.1, 0.15) is 5.82 Å². The number of carbonyl (C=O) groups excluding carboxylic acids is 1. The van der Waals surface area contributed by atoms with Crippen molar-refractivity contribution in [3.63, 3.8) is 0 Å². The number of nitrogens with two attached hydrogens (primary N) is 1. The molecule has 1 aromatic carbocycles. The van der Waals surface area contributed by atoms with E-state index in [9.17, 15) is 14.4 Å². The summed E-state index contributed by atoms with van der Waals surface area (Å²) in [6, 6.07) is 6.11. The van der Waals surface area contributed by atoms with Crippen LogP contribution in [0.4, 0.5) is 11.5 Å². The Kier molecular flexibility index (Phi) is 6.77. The number of hydrogen-bond acceptors (Lipinski definition) is 5. The molecule has 1 aromatic heterocycles. The molecule has 0 unspecified atom stereocenters. The molecule has 1 aliphatic rings. The number of anilines is 2. The Labute approximate surface area is 175 Å². The molecule has 30 heavy (non-hydrogen) atoms. The van der Waals surface area contributed by atoms with Crippen LogP contribution in [0, 0.1) is 5.92 Å². The fourth-order valence-electron chi connectivity index (χ4n) is 3.93. The van der Waals surface area contributed by atoms with E-state index in [-0.39, 0.29) is 42.9 Å². The number of ether oxygens (including phenoxy) is 1. The molecule has 0 aliphatic heterocycles. The number of nitrogens with one attached hydrogen (secondary N) is 1. The van der Waals surface area contributed by atoms with Gasteiger partial charge < -0.3 is 15.4 Å². The molecule has 0 spiro atoms. The van der Waals surface area contributed by atoms with Crippen LogP contribution in [0.1, 0.15) is 37.0 Å². The predicted molar refractivity (Wildman–Crippen MR) is 117 cm³/mol. The maximum absolute atomic E-state index is 13.2. The molecule has 1 aliphatic carbocycles. The van der Waals surface area contributed by atoms with E-state index in [1.807, 2.05) is 19.9 Å². The first-order valence-electron chi connectivity index (χ1n) is 10.3. The van der Waals surface area contributed by atoms with Gasteiger partial charge in [0.15, 0.2) is 5.69 Å². The number of carbonyl (C=O) groups is 1. The summed E-state index contributed by atoms with van der Waals surface area (Å²) in [4.78, 5) is 41.7. The number of amides is 1. The lowest BCUT2D eigenvalue weighted by Gasteiger charge is -2.25. The minimum atomic E-state index is -0.670. The lowest BCUT2D eigenvalue weighted by atomic mass is 10.0. The normalized spacial score (nSPS) is 12.9. The van der Waals surface area contributed by atoms with Gasteiger partial charge in [-0.1, -0.05) is 32.0 Å². The highest BCUT2D eigenvalue weighted by Crippen LogP contribution is 2.24. The van der Waals surface area contributed by atoms with Gasteiger partial charge in [-0.3, -0.25) is 19.1 Å². The van der Waals surface area contributed by atoms with Gasteiger partial charge in [-0.05, 0) is 41.9 Å². The van der Waals surface area contributed by atoms with E-state index in [0.29, 0.717) is 6.54 Å². The highest BCUT2D eigenvalue weighted by molar-refractivity contribution is 5.96. The Bertz CT molecular complexity index is 1040. The molecule has 1 amide bonds. The van der Waals surface area contributed by atoms with Crippen LogP contribution >= 0.6 is 0 Å². The van der Waals surface area contributed by atoms with E-state index < -0.39 is 11.2 Å². The van der Waals surface area contributed by atoms with Crippen molar-refractivity contribution >= 4 is 17.4 Å². The van der Waals surface area contributed by atoms with Crippen LogP contribution in [-0.4, -0.2) is 35.7 Å². The van der Waals surface area contributed by atoms with Crippen molar-refractivity contribution in [3.8, 4) is 0 Å². The summed E-state index contributed by atoms with van der Waals surface area (Å²) in [5.74, 6) is -0.133. The maximum Gasteiger partial charge on any atom is 0.330 e. The molecule has 8 heteroatoms. The maximum atomic E-state index is 13.2. The SMILES string of the molecule is COCCN(C(=O)Cc1ccc2c(c1)CCC2)c1c(N)n(CC(C)C)c(=O)[nH]c1=O. The minimum Gasteiger partial charge on any atom is -0.383 e. The van der Waals surface area contributed by atoms with E-state index in [1.54, 1.807) is 0 Å². The first-order chi connectivity index (χ1) is 14.3. The van der Waals surface area contributed by atoms with Crippen molar-refractivity contribution in [1.29, 1.82) is 0 Å². The third-order valence-electron chi connectivity index (χ3n) is 5.37. The molecule has 162 valence electrons. The van der Waals surface area contributed by atoms with Gasteiger partial charge in [0.25, 0.3) is 5.56 Å². The lowest BCUT2D eigenvalue weighted by Crippen LogP contribution is -2.43. The van der Waals surface area contributed by atoms with Gasteiger partial charge in [-0.15, -0.1) is 0 Å². The molecule has 3 N–H and O–H groups in total. The van der Waals surface area contributed by atoms with Gasteiger partial charge in [0.05, 0.1) is 13.0 Å². The third kappa shape index (κ3) is 4.64. The summed E-state index contributed by atoms with van der Waals surface area (Å²) in [6.07, 6.45) is 3.37.